The zero-order valence-electron chi connectivity index (χ0n) is 15.4. The van der Waals surface area contributed by atoms with E-state index < -0.39 is 6.10 Å². The molecule has 2 aromatic rings. The highest BCUT2D eigenvalue weighted by molar-refractivity contribution is 14.0. The van der Waals surface area contributed by atoms with Crippen LogP contribution in [0.25, 0.3) is 0 Å². The second-order valence-corrected chi connectivity index (χ2v) is 5.85. The standard InChI is InChI=1S/C19H28N4O2.HI/c1-3-20-19(21-9-12-23-10-4-5-11-23)22-14-17(24)15-25-18-8-6-7-16(2)13-18;/h4-8,10-11,13,17,24H,3,9,12,14-15H2,1-2H3,(H2,20,21,22);1H. The maximum atomic E-state index is 10.1. The molecule has 1 aromatic heterocycles. The van der Waals surface area contributed by atoms with E-state index in [4.69, 9.17) is 4.74 Å². The number of halogens is 1. The van der Waals surface area contributed by atoms with E-state index in [0.29, 0.717) is 5.96 Å². The maximum absolute atomic E-state index is 10.1. The van der Waals surface area contributed by atoms with E-state index >= 15 is 0 Å². The van der Waals surface area contributed by atoms with E-state index in [-0.39, 0.29) is 37.1 Å². The van der Waals surface area contributed by atoms with E-state index in [1.165, 1.54) is 0 Å². The van der Waals surface area contributed by atoms with Crippen LogP contribution in [0, 0.1) is 6.92 Å². The first-order valence-electron chi connectivity index (χ1n) is 8.68. The van der Waals surface area contributed by atoms with Crippen LogP contribution in [0.15, 0.2) is 53.8 Å². The Bertz CT molecular complexity index is 647. The van der Waals surface area contributed by atoms with E-state index in [9.17, 15) is 5.11 Å². The molecule has 0 aliphatic carbocycles. The van der Waals surface area contributed by atoms with E-state index in [2.05, 4.69) is 20.2 Å². The quantitative estimate of drug-likeness (QED) is 0.298. The van der Waals surface area contributed by atoms with Crippen molar-refractivity contribution in [2.45, 2.75) is 26.5 Å². The molecule has 0 bridgehead atoms. The summed E-state index contributed by atoms with van der Waals surface area (Å²) in [4.78, 5) is 4.42. The van der Waals surface area contributed by atoms with Crippen LogP contribution in [0.3, 0.4) is 0 Å². The van der Waals surface area contributed by atoms with Gasteiger partial charge in [0.2, 0.25) is 0 Å². The first kappa shape index (κ1) is 22.3. The molecule has 0 amide bonds. The summed E-state index contributed by atoms with van der Waals surface area (Å²) in [6, 6.07) is 11.8. The van der Waals surface area contributed by atoms with Crippen LogP contribution in [0.1, 0.15) is 12.5 Å². The highest BCUT2D eigenvalue weighted by atomic mass is 127. The van der Waals surface area contributed by atoms with Gasteiger partial charge in [0, 0.05) is 32.0 Å². The summed E-state index contributed by atoms with van der Waals surface area (Å²) in [7, 11) is 0. The maximum Gasteiger partial charge on any atom is 0.191 e. The third-order valence-corrected chi connectivity index (χ3v) is 3.56. The largest absolute Gasteiger partial charge is 0.491 e. The first-order valence-corrected chi connectivity index (χ1v) is 8.68. The fourth-order valence-corrected chi connectivity index (χ4v) is 2.31. The first-order chi connectivity index (χ1) is 12.2. The summed E-state index contributed by atoms with van der Waals surface area (Å²) in [5.74, 6) is 1.46. The van der Waals surface area contributed by atoms with Crippen molar-refractivity contribution >= 4 is 29.9 Å². The summed E-state index contributed by atoms with van der Waals surface area (Å²) < 4.78 is 7.71. The number of ether oxygens (including phenoxy) is 1. The number of aromatic nitrogens is 1. The third-order valence-electron chi connectivity index (χ3n) is 3.56. The number of aliphatic hydroxyl groups is 1. The van der Waals surface area contributed by atoms with Gasteiger partial charge in [0.05, 0.1) is 6.54 Å². The predicted octanol–water partition coefficient (Wildman–Crippen LogP) is 2.41. The zero-order valence-corrected chi connectivity index (χ0v) is 17.7. The third kappa shape index (κ3) is 8.57. The molecule has 0 saturated heterocycles. The minimum Gasteiger partial charge on any atom is -0.491 e. The molecule has 1 unspecified atom stereocenters. The highest BCUT2D eigenvalue weighted by Gasteiger charge is 2.06. The Balaban J connectivity index is 0.00000338. The summed E-state index contributed by atoms with van der Waals surface area (Å²) in [5.41, 5.74) is 1.13. The lowest BCUT2D eigenvalue weighted by Crippen LogP contribution is -2.39. The molecule has 2 rings (SSSR count). The summed E-state index contributed by atoms with van der Waals surface area (Å²) in [6.07, 6.45) is 3.40. The van der Waals surface area contributed by atoms with Gasteiger partial charge < -0.3 is 25.0 Å². The number of nitrogens with zero attached hydrogens (tertiary/aromatic N) is 2. The average molecular weight is 472 g/mol. The topological polar surface area (TPSA) is 70.8 Å². The van der Waals surface area contributed by atoms with Crippen LogP contribution >= 0.6 is 24.0 Å². The summed E-state index contributed by atoms with van der Waals surface area (Å²) in [5, 5.41) is 16.5. The fraction of sp³-hybridized carbons (Fsp3) is 0.421. The van der Waals surface area contributed by atoms with Gasteiger partial charge in [-0.1, -0.05) is 12.1 Å². The van der Waals surface area contributed by atoms with Crippen molar-refractivity contribution in [1.82, 2.24) is 15.2 Å². The normalized spacial score (nSPS) is 12.2. The van der Waals surface area contributed by atoms with Crippen molar-refractivity contribution in [3.63, 3.8) is 0 Å². The molecule has 0 aliphatic rings. The number of rotatable bonds is 9. The Kier molecular flexibility index (Phi) is 10.8. The minimum atomic E-state index is -0.652. The number of nitrogens with one attached hydrogen (secondary N) is 2. The molecule has 0 spiro atoms. The second kappa shape index (κ2) is 12.6. The Morgan fingerprint density at radius 1 is 1.23 bits per heavy atom. The van der Waals surface area contributed by atoms with Gasteiger partial charge in [-0.05, 0) is 43.7 Å². The number of guanidine groups is 1. The van der Waals surface area contributed by atoms with Crippen LogP contribution in [0.5, 0.6) is 5.75 Å². The van der Waals surface area contributed by atoms with Crippen LogP contribution in [-0.2, 0) is 6.54 Å². The lowest BCUT2D eigenvalue weighted by molar-refractivity contribution is 0.114. The molecule has 1 heterocycles. The molecule has 7 heteroatoms. The van der Waals surface area contributed by atoms with Crippen LogP contribution in [-0.4, -0.2) is 48.0 Å². The van der Waals surface area contributed by atoms with Gasteiger partial charge in [-0.3, -0.25) is 4.99 Å². The SMILES string of the molecule is CCNC(=NCC(O)COc1cccc(C)c1)NCCn1cccc1.I. The van der Waals surface area contributed by atoms with Crippen LogP contribution in [0.2, 0.25) is 0 Å². The Hall–Kier alpha value is -1.74. The number of aryl methyl sites for hydroxylation is 1. The van der Waals surface area contributed by atoms with Crippen molar-refractivity contribution in [3.8, 4) is 5.75 Å². The molecule has 0 radical (unpaired) electrons. The number of hydrogen-bond donors (Lipinski definition) is 3. The van der Waals surface area contributed by atoms with Crippen molar-refractivity contribution in [2.24, 2.45) is 4.99 Å². The second-order valence-electron chi connectivity index (χ2n) is 5.85. The van der Waals surface area contributed by atoms with Crippen molar-refractivity contribution < 1.29 is 9.84 Å². The summed E-state index contributed by atoms with van der Waals surface area (Å²) in [6.45, 7) is 6.91. The van der Waals surface area contributed by atoms with Gasteiger partial charge in [-0.15, -0.1) is 24.0 Å². The zero-order chi connectivity index (χ0) is 17.9. The molecule has 26 heavy (non-hydrogen) atoms. The van der Waals surface area contributed by atoms with Gasteiger partial charge in [0.15, 0.2) is 5.96 Å². The van der Waals surface area contributed by atoms with Gasteiger partial charge >= 0.3 is 0 Å². The van der Waals surface area contributed by atoms with E-state index in [1.807, 2.05) is 62.6 Å². The van der Waals surface area contributed by atoms with E-state index in [0.717, 1.165) is 30.9 Å². The Morgan fingerprint density at radius 3 is 2.69 bits per heavy atom. The average Bonchev–Trinajstić information content (AvgIpc) is 3.11. The molecular weight excluding hydrogens is 443 g/mol. The minimum absolute atomic E-state index is 0. The van der Waals surface area contributed by atoms with Crippen molar-refractivity contribution in [3.05, 3.63) is 54.4 Å². The monoisotopic (exact) mass is 472 g/mol. The van der Waals surface area contributed by atoms with Gasteiger partial charge in [0.1, 0.15) is 18.5 Å². The number of aliphatic hydroxyl groups excluding tert-OH is 1. The molecule has 0 aliphatic heterocycles. The fourth-order valence-electron chi connectivity index (χ4n) is 2.31. The summed E-state index contributed by atoms with van der Waals surface area (Å²) >= 11 is 0. The van der Waals surface area contributed by atoms with Crippen molar-refractivity contribution in [2.75, 3.05) is 26.2 Å². The molecule has 1 atom stereocenters. The Morgan fingerprint density at radius 2 is 2.00 bits per heavy atom. The number of aliphatic imine (C=N–C) groups is 1. The van der Waals surface area contributed by atoms with Crippen molar-refractivity contribution in [1.29, 1.82) is 0 Å². The molecule has 144 valence electrons. The predicted molar refractivity (Wildman–Crippen MR) is 117 cm³/mol. The van der Waals surface area contributed by atoms with Gasteiger partial charge in [-0.25, -0.2) is 0 Å². The molecule has 1 aromatic carbocycles. The van der Waals surface area contributed by atoms with Crippen LogP contribution < -0.4 is 15.4 Å². The lowest BCUT2D eigenvalue weighted by Gasteiger charge is -2.14. The number of benzene rings is 1. The smallest absolute Gasteiger partial charge is 0.191 e. The highest BCUT2D eigenvalue weighted by Crippen LogP contribution is 2.12. The number of hydrogen-bond acceptors (Lipinski definition) is 3. The molecule has 3 N–H and O–H groups in total. The molecule has 6 nitrogen and oxygen atoms in total. The molecule has 0 fully saturated rings. The van der Waals surface area contributed by atoms with Gasteiger partial charge in [-0.2, -0.15) is 0 Å². The van der Waals surface area contributed by atoms with Gasteiger partial charge in [0.25, 0.3) is 0 Å². The molecule has 0 saturated carbocycles. The Labute approximate surface area is 172 Å². The lowest BCUT2D eigenvalue weighted by atomic mass is 10.2. The van der Waals surface area contributed by atoms with E-state index in [1.54, 1.807) is 0 Å². The molecular formula is C19H29IN4O2. The van der Waals surface area contributed by atoms with Crippen LogP contribution in [0.4, 0.5) is 0 Å².